The van der Waals surface area contributed by atoms with E-state index >= 15 is 0 Å². The highest BCUT2D eigenvalue weighted by Crippen LogP contribution is 2.29. The highest BCUT2D eigenvalue weighted by atomic mass is 16.8. The van der Waals surface area contributed by atoms with E-state index in [-0.39, 0.29) is 18.4 Å². The minimum atomic E-state index is -0.472. The molecule has 0 saturated carbocycles. The lowest BCUT2D eigenvalue weighted by Crippen LogP contribution is -2.20. The van der Waals surface area contributed by atoms with E-state index in [0.717, 1.165) is 24.8 Å². The largest absolute Gasteiger partial charge is 0.494 e. The number of epoxide rings is 1. The van der Waals surface area contributed by atoms with Crippen LogP contribution in [0.2, 0.25) is 0 Å². The molecule has 2 aromatic rings. The van der Waals surface area contributed by atoms with Gasteiger partial charge in [0.05, 0.1) is 18.1 Å². The third kappa shape index (κ3) is 10.00. The number of ether oxygens (including phenoxy) is 5. The smallest absolute Gasteiger partial charge is 0.343 e. The van der Waals surface area contributed by atoms with Gasteiger partial charge in [0.25, 0.3) is 0 Å². The summed E-state index contributed by atoms with van der Waals surface area (Å²) in [5.41, 5.74) is 2.65. The van der Waals surface area contributed by atoms with E-state index in [1.54, 1.807) is 42.5 Å². The molecular formula is C35H42O7. The van der Waals surface area contributed by atoms with Gasteiger partial charge in [-0.15, -0.1) is 0 Å². The third-order valence-corrected chi connectivity index (χ3v) is 7.16. The molecule has 1 fully saturated rings. The van der Waals surface area contributed by atoms with Gasteiger partial charge in [-0.05, 0) is 98.7 Å². The Balaban J connectivity index is 1.12. The van der Waals surface area contributed by atoms with Gasteiger partial charge in [0.2, 0.25) is 0 Å². The van der Waals surface area contributed by atoms with Crippen molar-refractivity contribution in [1.29, 1.82) is 0 Å². The maximum Gasteiger partial charge on any atom is 0.343 e. The number of hydrogen-bond donors (Lipinski definition) is 0. The number of esters is 2. The predicted octanol–water partition coefficient (Wildman–Crippen LogP) is 7.51. The molecule has 224 valence electrons. The number of allylic oxidation sites excluding steroid dienone is 2. The molecule has 0 aromatic heterocycles. The number of carbonyl (C=O) groups excluding carboxylic acids is 2. The van der Waals surface area contributed by atoms with Gasteiger partial charge in [0.1, 0.15) is 23.4 Å². The Labute approximate surface area is 249 Å². The molecule has 0 radical (unpaired) electrons. The van der Waals surface area contributed by atoms with Crippen molar-refractivity contribution in [2.45, 2.75) is 77.6 Å². The molecule has 2 aliphatic rings. The van der Waals surface area contributed by atoms with Crippen LogP contribution in [0.15, 0.2) is 84.7 Å². The molecule has 3 unspecified atom stereocenters. The standard InChI is InChI=1S/C35H42O7/c1-4-5-6-7-10-26-11-17-30(18-12-26)40-34(37)28-15-21-31(22-16-28)41-33(36)27-13-19-29(20-14-27)38-23-8-9-24-39-35-32(42-35)25(2)3/h11-15,17-22,28,32,35H,2,4-10,16,23-24H2,1,3H3. The van der Waals surface area contributed by atoms with Gasteiger partial charge in [-0.2, -0.15) is 0 Å². The molecule has 2 aromatic carbocycles. The van der Waals surface area contributed by atoms with Crippen LogP contribution in [-0.4, -0.2) is 37.5 Å². The Morgan fingerprint density at radius 1 is 0.905 bits per heavy atom. The quantitative estimate of drug-likeness (QED) is 0.0636. The van der Waals surface area contributed by atoms with Crippen LogP contribution in [0, 0.1) is 5.92 Å². The van der Waals surface area contributed by atoms with Crippen LogP contribution >= 0.6 is 0 Å². The summed E-state index contributed by atoms with van der Waals surface area (Å²) in [4.78, 5) is 25.2. The van der Waals surface area contributed by atoms with Crippen molar-refractivity contribution in [2.75, 3.05) is 13.2 Å². The highest BCUT2D eigenvalue weighted by Gasteiger charge is 2.40. The zero-order valence-electron chi connectivity index (χ0n) is 24.7. The fourth-order valence-corrected chi connectivity index (χ4v) is 4.54. The van der Waals surface area contributed by atoms with E-state index in [1.807, 2.05) is 31.2 Å². The molecule has 42 heavy (non-hydrogen) atoms. The van der Waals surface area contributed by atoms with Gasteiger partial charge in [0.15, 0.2) is 6.29 Å². The van der Waals surface area contributed by atoms with E-state index in [2.05, 4.69) is 13.5 Å². The topological polar surface area (TPSA) is 83.6 Å². The minimum Gasteiger partial charge on any atom is -0.494 e. The summed E-state index contributed by atoms with van der Waals surface area (Å²) in [7, 11) is 0. The van der Waals surface area contributed by atoms with Crippen molar-refractivity contribution in [3.63, 3.8) is 0 Å². The molecule has 3 atom stereocenters. The van der Waals surface area contributed by atoms with Gasteiger partial charge >= 0.3 is 11.9 Å². The summed E-state index contributed by atoms with van der Waals surface area (Å²) >= 11 is 0. The fourth-order valence-electron chi connectivity index (χ4n) is 4.54. The molecule has 7 nitrogen and oxygen atoms in total. The zero-order valence-corrected chi connectivity index (χ0v) is 24.7. The Bertz CT molecular complexity index is 1240. The maximum absolute atomic E-state index is 12.6. The minimum absolute atomic E-state index is 0.0381. The second kappa shape index (κ2) is 16.1. The van der Waals surface area contributed by atoms with E-state index < -0.39 is 11.9 Å². The molecule has 0 spiro atoms. The summed E-state index contributed by atoms with van der Waals surface area (Å²) in [6.07, 6.45) is 13.0. The molecular weight excluding hydrogens is 532 g/mol. The lowest BCUT2D eigenvalue weighted by atomic mass is 10.0. The zero-order chi connectivity index (χ0) is 29.7. The maximum atomic E-state index is 12.6. The average Bonchev–Trinajstić information content (AvgIpc) is 3.79. The van der Waals surface area contributed by atoms with Crippen LogP contribution in [0.1, 0.15) is 74.7 Å². The number of unbranched alkanes of at least 4 members (excludes halogenated alkanes) is 4. The highest BCUT2D eigenvalue weighted by molar-refractivity contribution is 5.90. The van der Waals surface area contributed by atoms with Crippen LogP contribution < -0.4 is 9.47 Å². The first kappa shape index (κ1) is 31.3. The molecule has 1 heterocycles. The molecule has 1 aliphatic heterocycles. The number of benzene rings is 2. The molecule has 1 aliphatic carbocycles. The number of hydrogen-bond acceptors (Lipinski definition) is 7. The lowest BCUT2D eigenvalue weighted by molar-refractivity contribution is -0.137. The Morgan fingerprint density at radius 2 is 1.64 bits per heavy atom. The van der Waals surface area contributed by atoms with E-state index in [0.29, 0.717) is 42.5 Å². The number of aryl methyl sites for hydroxylation is 1. The monoisotopic (exact) mass is 574 g/mol. The molecule has 1 saturated heterocycles. The third-order valence-electron chi connectivity index (χ3n) is 7.16. The van der Waals surface area contributed by atoms with E-state index in [1.165, 1.54) is 31.2 Å². The van der Waals surface area contributed by atoms with Crippen LogP contribution in [0.4, 0.5) is 0 Å². The molecule has 7 heteroatoms. The Hall–Kier alpha value is -3.68. The average molecular weight is 575 g/mol. The second-order valence-electron chi connectivity index (χ2n) is 10.8. The van der Waals surface area contributed by atoms with Crippen molar-refractivity contribution >= 4 is 11.9 Å². The lowest BCUT2D eigenvalue weighted by Gasteiger charge is -2.15. The van der Waals surface area contributed by atoms with Crippen molar-refractivity contribution < 1.29 is 33.3 Å². The molecule has 0 N–H and O–H groups in total. The van der Waals surface area contributed by atoms with E-state index in [4.69, 9.17) is 23.7 Å². The second-order valence-corrected chi connectivity index (χ2v) is 10.8. The SMILES string of the molecule is C=C(C)C1OC1OCCCCOc1ccc(C(=O)OC2=CCC(C(=O)Oc3ccc(CCCCCC)cc3)C=C2)cc1. The summed E-state index contributed by atoms with van der Waals surface area (Å²) in [6, 6.07) is 14.6. The van der Waals surface area contributed by atoms with Crippen molar-refractivity contribution in [2.24, 2.45) is 5.92 Å². The fraction of sp³-hybridized carbons (Fsp3) is 0.429. The summed E-state index contributed by atoms with van der Waals surface area (Å²) in [5.74, 6) is 0.389. The van der Waals surface area contributed by atoms with Crippen molar-refractivity contribution in [3.8, 4) is 11.5 Å². The number of carbonyl (C=O) groups is 2. The normalized spacial score (nSPS) is 19.1. The first-order valence-corrected chi connectivity index (χ1v) is 15.0. The van der Waals surface area contributed by atoms with Gasteiger partial charge in [0, 0.05) is 6.61 Å². The van der Waals surface area contributed by atoms with Crippen molar-refractivity contribution in [3.05, 3.63) is 95.8 Å². The van der Waals surface area contributed by atoms with Crippen LogP contribution in [-0.2, 0) is 25.4 Å². The van der Waals surface area contributed by atoms with Gasteiger partial charge < -0.3 is 23.7 Å². The first-order chi connectivity index (χ1) is 20.4. The summed E-state index contributed by atoms with van der Waals surface area (Å²) in [6.45, 7) is 9.16. The van der Waals surface area contributed by atoms with Crippen LogP contribution in [0.5, 0.6) is 11.5 Å². The molecule has 0 amide bonds. The first-order valence-electron chi connectivity index (χ1n) is 15.0. The number of rotatable bonds is 17. The summed E-state index contributed by atoms with van der Waals surface area (Å²) in [5, 5.41) is 0. The molecule has 4 rings (SSSR count). The summed E-state index contributed by atoms with van der Waals surface area (Å²) < 4.78 is 27.8. The molecule has 0 bridgehead atoms. The van der Waals surface area contributed by atoms with Gasteiger partial charge in [-0.1, -0.05) is 51.0 Å². The predicted molar refractivity (Wildman–Crippen MR) is 161 cm³/mol. The Morgan fingerprint density at radius 3 is 2.31 bits per heavy atom. The van der Waals surface area contributed by atoms with Crippen LogP contribution in [0.3, 0.4) is 0 Å². The van der Waals surface area contributed by atoms with Crippen molar-refractivity contribution in [1.82, 2.24) is 0 Å². The van der Waals surface area contributed by atoms with Gasteiger partial charge in [-0.3, -0.25) is 4.79 Å². The van der Waals surface area contributed by atoms with Crippen LogP contribution in [0.25, 0.3) is 0 Å². The van der Waals surface area contributed by atoms with E-state index in [9.17, 15) is 9.59 Å². The van der Waals surface area contributed by atoms with Gasteiger partial charge in [-0.25, -0.2) is 4.79 Å². The Kier molecular flexibility index (Phi) is 12.0.